The molecule has 0 aliphatic heterocycles. The summed E-state index contributed by atoms with van der Waals surface area (Å²) in [6.45, 7) is 6.68. The summed E-state index contributed by atoms with van der Waals surface area (Å²) in [5, 5.41) is 6.54. The van der Waals surface area contributed by atoms with Gasteiger partial charge in [0, 0.05) is 23.5 Å². The van der Waals surface area contributed by atoms with Crippen molar-refractivity contribution < 1.29 is 4.74 Å². The molecule has 1 aromatic heterocycles. The molecule has 26 heavy (non-hydrogen) atoms. The number of aromatic nitrogens is 2. The number of rotatable bonds is 7. The largest absolute Gasteiger partial charge is 0.489 e. The third kappa shape index (κ3) is 5.21. The summed E-state index contributed by atoms with van der Waals surface area (Å²) in [7, 11) is 0. The molecule has 5 heteroatoms. The minimum Gasteiger partial charge on any atom is -0.489 e. The third-order valence-electron chi connectivity index (χ3n) is 3.65. The number of nitrogens with zero attached hydrogens (tertiary/aromatic N) is 2. The Morgan fingerprint density at radius 3 is 2.38 bits per heavy atom. The summed E-state index contributed by atoms with van der Waals surface area (Å²) >= 11 is 0. The molecule has 0 spiro atoms. The van der Waals surface area contributed by atoms with E-state index in [2.05, 4.69) is 34.4 Å². The van der Waals surface area contributed by atoms with Crippen LogP contribution in [-0.2, 0) is 6.61 Å². The van der Waals surface area contributed by atoms with E-state index in [0.29, 0.717) is 18.6 Å². The van der Waals surface area contributed by atoms with Gasteiger partial charge < -0.3 is 15.4 Å². The van der Waals surface area contributed by atoms with Gasteiger partial charge in [-0.2, -0.15) is 4.98 Å². The monoisotopic (exact) mass is 348 g/mol. The van der Waals surface area contributed by atoms with Crippen LogP contribution >= 0.6 is 0 Å². The fraction of sp³-hybridized carbons (Fsp3) is 0.238. The highest BCUT2D eigenvalue weighted by atomic mass is 16.5. The van der Waals surface area contributed by atoms with Gasteiger partial charge in [-0.25, -0.2) is 4.98 Å². The lowest BCUT2D eigenvalue weighted by molar-refractivity contribution is 0.306. The summed E-state index contributed by atoms with van der Waals surface area (Å²) in [5.74, 6) is 2.22. The summed E-state index contributed by atoms with van der Waals surface area (Å²) < 4.78 is 5.81. The lowest BCUT2D eigenvalue weighted by Gasteiger charge is -2.12. The van der Waals surface area contributed by atoms with Crippen LogP contribution in [0.2, 0.25) is 0 Å². The Bertz CT molecular complexity index is 832. The predicted octanol–water partition coefficient (Wildman–Crippen LogP) is 4.93. The summed E-state index contributed by atoms with van der Waals surface area (Å²) in [5.41, 5.74) is 2.97. The van der Waals surface area contributed by atoms with E-state index in [1.807, 2.05) is 67.6 Å². The van der Waals surface area contributed by atoms with Crippen molar-refractivity contribution in [2.75, 3.05) is 10.6 Å². The number of anilines is 3. The van der Waals surface area contributed by atoms with E-state index in [1.54, 1.807) is 0 Å². The molecule has 2 N–H and O–H groups in total. The minimum atomic E-state index is 0.318. The Hall–Kier alpha value is -3.08. The van der Waals surface area contributed by atoms with Gasteiger partial charge in [0.2, 0.25) is 5.95 Å². The molecule has 3 rings (SSSR count). The van der Waals surface area contributed by atoms with Crippen molar-refractivity contribution in [3.05, 3.63) is 71.9 Å². The highest BCUT2D eigenvalue weighted by Gasteiger charge is 2.04. The normalized spacial score (nSPS) is 10.6. The predicted molar refractivity (Wildman–Crippen MR) is 106 cm³/mol. The number of hydrogen-bond donors (Lipinski definition) is 2. The molecule has 0 saturated heterocycles. The maximum absolute atomic E-state index is 5.81. The second-order valence-electron chi connectivity index (χ2n) is 6.44. The van der Waals surface area contributed by atoms with E-state index >= 15 is 0 Å². The van der Waals surface area contributed by atoms with Gasteiger partial charge in [0.15, 0.2) is 0 Å². The smallest absolute Gasteiger partial charge is 0.229 e. The van der Waals surface area contributed by atoms with Crippen molar-refractivity contribution in [2.24, 2.45) is 0 Å². The Labute approximate surface area is 154 Å². The first-order valence-electron chi connectivity index (χ1n) is 8.74. The van der Waals surface area contributed by atoms with Crippen molar-refractivity contribution in [1.82, 2.24) is 9.97 Å². The van der Waals surface area contributed by atoms with Crippen LogP contribution in [0.5, 0.6) is 5.75 Å². The zero-order chi connectivity index (χ0) is 18.4. The lowest BCUT2D eigenvalue weighted by Crippen LogP contribution is -2.12. The van der Waals surface area contributed by atoms with Crippen LogP contribution < -0.4 is 15.4 Å². The molecule has 2 aromatic carbocycles. The second-order valence-corrected chi connectivity index (χ2v) is 6.44. The fourth-order valence-electron chi connectivity index (χ4n) is 2.50. The minimum absolute atomic E-state index is 0.318. The summed E-state index contributed by atoms with van der Waals surface area (Å²) in [6.07, 6.45) is 0. The van der Waals surface area contributed by atoms with E-state index in [0.717, 1.165) is 28.5 Å². The fourth-order valence-corrected chi connectivity index (χ4v) is 2.50. The van der Waals surface area contributed by atoms with Crippen LogP contribution in [0.4, 0.5) is 17.5 Å². The van der Waals surface area contributed by atoms with Crippen LogP contribution in [0.3, 0.4) is 0 Å². The van der Waals surface area contributed by atoms with Crippen molar-refractivity contribution in [1.29, 1.82) is 0 Å². The zero-order valence-electron chi connectivity index (χ0n) is 15.4. The first kappa shape index (κ1) is 17.7. The van der Waals surface area contributed by atoms with Crippen molar-refractivity contribution in [3.8, 4) is 5.75 Å². The molecule has 0 fully saturated rings. The SMILES string of the molecule is Cc1cc(NC(C)C)nc(Nc2ccc(OCc3ccccc3)cc2)n1. The molecule has 1 heterocycles. The van der Waals surface area contributed by atoms with Crippen LogP contribution in [-0.4, -0.2) is 16.0 Å². The van der Waals surface area contributed by atoms with Gasteiger partial charge in [-0.1, -0.05) is 30.3 Å². The topological polar surface area (TPSA) is 59.1 Å². The summed E-state index contributed by atoms with van der Waals surface area (Å²) in [6, 6.07) is 20.2. The molecule has 0 aliphatic carbocycles. The lowest BCUT2D eigenvalue weighted by atomic mass is 10.2. The molecular formula is C21H24N4O. The van der Waals surface area contributed by atoms with Crippen LogP contribution in [0, 0.1) is 6.92 Å². The van der Waals surface area contributed by atoms with Crippen LogP contribution in [0.15, 0.2) is 60.7 Å². The van der Waals surface area contributed by atoms with Gasteiger partial charge in [-0.3, -0.25) is 0 Å². The van der Waals surface area contributed by atoms with Crippen LogP contribution in [0.25, 0.3) is 0 Å². The number of nitrogens with one attached hydrogen (secondary N) is 2. The average molecular weight is 348 g/mol. The molecule has 0 radical (unpaired) electrons. The van der Waals surface area contributed by atoms with Gasteiger partial charge in [0.1, 0.15) is 18.2 Å². The average Bonchev–Trinajstić information content (AvgIpc) is 2.61. The second kappa shape index (κ2) is 8.34. The van der Waals surface area contributed by atoms with Gasteiger partial charge in [0.05, 0.1) is 0 Å². The maximum atomic E-state index is 5.81. The quantitative estimate of drug-likeness (QED) is 0.634. The van der Waals surface area contributed by atoms with Gasteiger partial charge in [-0.15, -0.1) is 0 Å². The maximum Gasteiger partial charge on any atom is 0.229 e. The van der Waals surface area contributed by atoms with E-state index in [-0.39, 0.29) is 0 Å². The van der Waals surface area contributed by atoms with Gasteiger partial charge in [0.25, 0.3) is 0 Å². The Balaban J connectivity index is 1.63. The molecular weight excluding hydrogens is 324 g/mol. The van der Waals surface area contributed by atoms with E-state index < -0.39 is 0 Å². The van der Waals surface area contributed by atoms with E-state index in [4.69, 9.17) is 4.74 Å². The van der Waals surface area contributed by atoms with Crippen molar-refractivity contribution in [2.45, 2.75) is 33.4 Å². The number of benzene rings is 2. The molecule has 5 nitrogen and oxygen atoms in total. The number of hydrogen-bond acceptors (Lipinski definition) is 5. The highest BCUT2D eigenvalue weighted by Crippen LogP contribution is 2.20. The zero-order valence-corrected chi connectivity index (χ0v) is 15.4. The molecule has 0 atom stereocenters. The van der Waals surface area contributed by atoms with Crippen molar-refractivity contribution in [3.63, 3.8) is 0 Å². The van der Waals surface area contributed by atoms with Gasteiger partial charge in [-0.05, 0) is 50.6 Å². The first-order valence-corrected chi connectivity index (χ1v) is 8.74. The van der Waals surface area contributed by atoms with E-state index in [1.165, 1.54) is 0 Å². The molecule has 3 aromatic rings. The van der Waals surface area contributed by atoms with Crippen LogP contribution in [0.1, 0.15) is 25.1 Å². The Morgan fingerprint density at radius 2 is 1.69 bits per heavy atom. The molecule has 134 valence electrons. The van der Waals surface area contributed by atoms with E-state index in [9.17, 15) is 0 Å². The standard InChI is InChI=1S/C21H24N4O/c1-15(2)22-20-13-16(3)23-21(25-20)24-18-9-11-19(12-10-18)26-14-17-7-5-4-6-8-17/h4-13,15H,14H2,1-3H3,(H2,22,23,24,25). The molecule has 0 saturated carbocycles. The molecule has 0 unspecified atom stereocenters. The van der Waals surface area contributed by atoms with Crippen molar-refractivity contribution >= 4 is 17.5 Å². The third-order valence-corrected chi connectivity index (χ3v) is 3.65. The first-order chi connectivity index (χ1) is 12.6. The molecule has 0 amide bonds. The summed E-state index contributed by atoms with van der Waals surface area (Å²) in [4.78, 5) is 8.94. The molecule has 0 aliphatic rings. The number of aryl methyl sites for hydroxylation is 1. The Kier molecular flexibility index (Phi) is 5.69. The van der Waals surface area contributed by atoms with Gasteiger partial charge >= 0.3 is 0 Å². The molecule has 0 bridgehead atoms. The number of ether oxygens (including phenoxy) is 1. The highest BCUT2D eigenvalue weighted by molar-refractivity contribution is 5.56. The Morgan fingerprint density at radius 1 is 0.962 bits per heavy atom.